The summed E-state index contributed by atoms with van der Waals surface area (Å²) < 4.78 is 0. The van der Waals surface area contributed by atoms with Crippen LogP contribution < -0.4 is 0 Å². The monoisotopic (exact) mass is 168 g/mol. The van der Waals surface area contributed by atoms with Crippen molar-refractivity contribution < 1.29 is 9.90 Å². The Hall–Kier alpha value is -0.530. The lowest BCUT2D eigenvalue weighted by Gasteiger charge is -2.32. The van der Waals surface area contributed by atoms with Gasteiger partial charge in [0.1, 0.15) is 0 Å². The summed E-state index contributed by atoms with van der Waals surface area (Å²) in [6, 6.07) is 0. The fraction of sp³-hybridized carbons (Fsp3) is 0.900. The molecule has 0 aliphatic heterocycles. The molecule has 0 spiro atoms. The minimum absolute atomic E-state index is 0.312. The van der Waals surface area contributed by atoms with Crippen molar-refractivity contribution in [1.82, 2.24) is 0 Å². The molecule has 68 valence electrons. The van der Waals surface area contributed by atoms with E-state index < -0.39 is 5.97 Å². The first kappa shape index (κ1) is 8.09. The fourth-order valence-corrected chi connectivity index (χ4v) is 2.82. The van der Waals surface area contributed by atoms with Crippen LogP contribution in [-0.2, 0) is 4.79 Å². The summed E-state index contributed by atoms with van der Waals surface area (Å²) >= 11 is 0. The highest BCUT2D eigenvalue weighted by atomic mass is 16.4. The quantitative estimate of drug-likeness (QED) is 0.653. The second kappa shape index (κ2) is 2.75. The number of carbonyl (C=O) groups is 1. The van der Waals surface area contributed by atoms with Crippen molar-refractivity contribution in [2.75, 3.05) is 0 Å². The molecule has 0 aromatic heterocycles. The van der Waals surface area contributed by atoms with Crippen LogP contribution in [0.5, 0.6) is 0 Å². The van der Waals surface area contributed by atoms with Crippen LogP contribution in [0.1, 0.15) is 44.9 Å². The third-order valence-corrected chi connectivity index (χ3v) is 3.78. The molecular formula is C10H16O2. The van der Waals surface area contributed by atoms with Gasteiger partial charge >= 0.3 is 5.97 Å². The molecule has 2 heteroatoms. The van der Waals surface area contributed by atoms with Crippen molar-refractivity contribution in [1.29, 1.82) is 0 Å². The highest BCUT2D eigenvalue weighted by Gasteiger charge is 2.43. The summed E-state index contributed by atoms with van der Waals surface area (Å²) in [5.74, 6) is 0.308. The van der Waals surface area contributed by atoms with Crippen molar-refractivity contribution in [3.05, 3.63) is 0 Å². The lowest BCUT2D eigenvalue weighted by molar-refractivity contribution is -0.151. The summed E-state index contributed by atoms with van der Waals surface area (Å²) in [6.45, 7) is 0. The Morgan fingerprint density at radius 2 is 1.83 bits per heavy atom. The summed E-state index contributed by atoms with van der Waals surface area (Å²) in [5.41, 5.74) is -0.312. The van der Waals surface area contributed by atoms with E-state index in [-0.39, 0.29) is 5.41 Å². The van der Waals surface area contributed by atoms with Crippen LogP contribution in [0.25, 0.3) is 0 Å². The van der Waals surface area contributed by atoms with Gasteiger partial charge in [-0.05, 0) is 38.0 Å². The first-order chi connectivity index (χ1) is 5.73. The van der Waals surface area contributed by atoms with Crippen molar-refractivity contribution in [2.24, 2.45) is 11.3 Å². The van der Waals surface area contributed by atoms with E-state index >= 15 is 0 Å². The van der Waals surface area contributed by atoms with E-state index in [1.807, 2.05) is 0 Å². The topological polar surface area (TPSA) is 37.3 Å². The van der Waals surface area contributed by atoms with Gasteiger partial charge in [0.25, 0.3) is 0 Å². The highest BCUT2D eigenvalue weighted by Crippen LogP contribution is 2.47. The summed E-state index contributed by atoms with van der Waals surface area (Å²) in [6.07, 6.45) is 7.53. The SMILES string of the molecule is O=C(O)C12CCCC(CC1)CC2. The largest absolute Gasteiger partial charge is 0.481 e. The second-order valence-electron chi connectivity index (χ2n) is 4.42. The number of hydrogen-bond acceptors (Lipinski definition) is 1. The second-order valence-corrected chi connectivity index (χ2v) is 4.42. The molecule has 0 aromatic rings. The summed E-state index contributed by atoms with van der Waals surface area (Å²) in [7, 11) is 0. The molecule has 3 saturated carbocycles. The van der Waals surface area contributed by atoms with Gasteiger partial charge in [-0.25, -0.2) is 0 Å². The Morgan fingerprint density at radius 3 is 2.42 bits per heavy atom. The number of aliphatic carboxylic acids is 1. The number of rotatable bonds is 1. The van der Waals surface area contributed by atoms with Crippen LogP contribution >= 0.6 is 0 Å². The summed E-state index contributed by atoms with van der Waals surface area (Å²) in [4.78, 5) is 11.1. The van der Waals surface area contributed by atoms with E-state index in [2.05, 4.69) is 0 Å². The molecule has 0 unspecified atom stereocenters. The number of carboxylic acids is 1. The van der Waals surface area contributed by atoms with Crippen LogP contribution in [0.15, 0.2) is 0 Å². The van der Waals surface area contributed by atoms with E-state index in [0.717, 1.165) is 44.4 Å². The average molecular weight is 168 g/mol. The maximum atomic E-state index is 11.1. The van der Waals surface area contributed by atoms with Crippen LogP contribution in [0, 0.1) is 11.3 Å². The molecule has 0 amide bonds. The number of hydrogen-bond donors (Lipinski definition) is 1. The Morgan fingerprint density at radius 1 is 1.17 bits per heavy atom. The first-order valence-corrected chi connectivity index (χ1v) is 4.96. The van der Waals surface area contributed by atoms with Crippen molar-refractivity contribution in [3.63, 3.8) is 0 Å². The van der Waals surface area contributed by atoms with Gasteiger partial charge in [-0.2, -0.15) is 0 Å². The van der Waals surface area contributed by atoms with Gasteiger partial charge in [-0.15, -0.1) is 0 Å². The Bertz CT molecular complexity index is 185. The van der Waals surface area contributed by atoms with Crippen LogP contribution in [-0.4, -0.2) is 11.1 Å². The molecule has 2 nitrogen and oxygen atoms in total. The fourth-order valence-electron chi connectivity index (χ4n) is 2.82. The molecule has 12 heavy (non-hydrogen) atoms. The third-order valence-electron chi connectivity index (χ3n) is 3.78. The molecule has 3 aliphatic rings. The number of carboxylic acid groups (broad SMARTS) is 1. The molecule has 2 bridgehead atoms. The zero-order chi connectivity index (χ0) is 8.60. The van der Waals surface area contributed by atoms with Gasteiger partial charge in [0, 0.05) is 0 Å². The maximum absolute atomic E-state index is 11.1. The van der Waals surface area contributed by atoms with Crippen LogP contribution in [0.3, 0.4) is 0 Å². The van der Waals surface area contributed by atoms with Crippen LogP contribution in [0.2, 0.25) is 0 Å². The van der Waals surface area contributed by atoms with E-state index in [0.29, 0.717) is 0 Å². The van der Waals surface area contributed by atoms with E-state index in [9.17, 15) is 4.79 Å². The minimum atomic E-state index is -0.539. The molecule has 0 saturated heterocycles. The zero-order valence-corrected chi connectivity index (χ0v) is 7.38. The standard InChI is InChI=1S/C10H16O2/c11-9(12)10-5-1-2-8(3-6-10)4-7-10/h8H,1-7H2,(H,11,12). The molecule has 3 aliphatic carbocycles. The first-order valence-electron chi connectivity index (χ1n) is 4.96. The molecular weight excluding hydrogens is 152 g/mol. The minimum Gasteiger partial charge on any atom is -0.481 e. The summed E-state index contributed by atoms with van der Waals surface area (Å²) in [5, 5.41) is 9.14. The molecule has 1 N–H and O–H groups in total. The number of fused-ring (bicyclic) bond motifs is 4. The van der Waals surface area contributed by atoms with E-state index in [1.165, 1.54) is 6.42 Å². The lowest BCUT2D eigenvalue weighted by atomic mass is 9.71. The predicted octanol–water partition coefficient (Wildman–Crippen LogP) is 2.43. The molecule has 0 atom stereocenters. The Balaban J connectivity index is 2.19. The molecule has 0 aromatic carbocycles. The lowest BCUT2D eigenvalue weighted by Crippen LogP contribution is -2.32. The van der Waals surface area contributed by atoms with E-state index in [4.69, 9.17) is 5.11 Å². The van der Waals surface area contributed by atoms with Crippen molar-refractivity contribution >= 4 is 5.97 Å². The van der Waals surface area contributed by atoms with Gasteiger partial charge in [-0.1, -0.05) is 12.8 Å². The third kappa shape index (κ3) is 1.13. The van der Waals surface area contributed by atoms with Gasteiger partial charge in [0.2, 0.25) is 0 Å². The van der Waals surface area contributed by atoms with Gasteiger partial charge in [0.05, 0.1) is 5.41 Å². The van der Waals surface area contributed by atoms with Crippen LogP contribution in [0.4, 0.5) is 0 Å². The van der Waals surface area contributed by atoms with Gasteiger partial charge in [-0.3, -0.25) is 4.79 Å². The average Bonchev–Trinajstić information content (AvgIpc) is 2.37. The normalized spacial score (nSPS) is 40.8. The van der Waals surface area contributed by atoms with Gasteiger partial charge in [0.15, 0.2) is 0 Å². The van der Waals surface area contributed by atoms with E-state index in [1.54, 1.807) is 0 Å². The zero-order valence-electron chi connectivity index (χ0n) is 7.38. The highest BCUT2D eigenvalue weighted by molar-refractivity contribution is 5.74. The maximum Gasteiger partial charge on any atom is 0.309 e. The predicted molar refractivity (Wildman–Crippen MR) is 45.9 cm³/mol. The molecule has 3 rings (SSSR count). The molecule has 0 heterocycles. The molecule has 0 radical (unpaired) electrons. The van der Waals surface area contributed by atoms with Gasteiger partial charge < -0.3 is 5.11 Å². The Kier molecular flexibility index (Phi) is 1.85. The smallest absolute Gasteiger partial charge is 0.309 e. The molecule has 3 fully saturated rings. The van der Waals surface area contributed by atoms with Crippen molar-refractivity contribution in [3.8, 4) is 0 Å². The Labute approximate surface area is 73.0 Å². The van der Waals surface area contributed by atoms with Crippen molar-refractivity contribution in [2.45, 2.75) is 44.9 Å².